The van der Waals surface area contributed by atoms with E-state index in [1.54, 1.807) is 11.3 Å². The minimum atomic E-state index is -0.846. The number of nitrogens with zero attached hydrogens (tertiary/aromatic N) is 2. The Morgan fingerprint density at radius 1 is 1.33 bits per heavy atom. The molecule has 0 fully saturated rings. The van der Waals surface area contributed by atoms with Crippen LogP contribution in [-0.4, -0.2) is 27.1 Å². The molecule has 1 aliphatic rings. The number of thiophene rings is 1. The summed E-state index contributed by atoms with van der Waals surface area (Å²) in [5.41, 5.74) is 1.31. The number of nitrogens with one attached hydrogen (secondary N) is 1. The van der Waals surface area contributed by atoms with Gasteiger partial charge in [0.15, 0.2) is 0 Å². The molecular weight excluding hydrogens is 286 g/mol. The monoisotopic (exact) mass is 305 g/mol. The quantitative estimate of drug-likeness (QED) is 0.908. The van der Waals surface area contributed by atoms with Crippen molar-refractivity contribution in [2.24, 2.45) is 5.92 Å². The number of aliphatic carboxylic acids is 1. The van der Waals surface area contributed by atoms with Gasteiger partial charge in [-0.1, -0.05) is 13.8 Å². The van der Waals surface area contributed by atoms with Crippen molar-refractivity contribution in [3.8, 4) is 0 Å². The van der Waals surface area contributed by atoms with Crippen molar-refractivity contribution in [2.45, 2.75) is 46.1 Å². The average molecular weight is 305 g/mol. The highest BCUT2D eigenvalue weighted by Gasteiger charge is 2.26. The van der Waals surface area contributed by atoms with Gasteiger partial charge in [-0.15, -0.1) is 11.3 Å². The molecule has 0 amide bonds. The van der Waals surface area contributed by atoms with E-state index < -0.39 is 12.0 Å². The first-order valence-corrected chi connectivity index (χ1v) is 8.07. The Bertz CT molecular complexity index is 708. The van der Waals surface area contributed by atoms with Crippen molar-refractivity contribution >= 4 is 33.3 Å². The van der Waals surface area contributed by atoms with E-state index in [9.17, 15) is 9.90 Å². The number of aryl methyl sites for hydroxylation is 3. The average Bonchev–Trinajstić information content (AvgIpc) is 2.94. The zero-order valence-corrected chi connectivity index (χ0v) is 13.3. The minimum absolute atomic E-state index is 0.0143. The second-order valence-electron chi connectivity index (χ2n) is 5.86. The van der Waals surface area contributed by atoms with Crippen molar-refractivity contribution in [1.82, 2.24) is 9.97 Å². The van der Waals surface area contributed by atoms with Crippen molar-refractivity contribution in [2.75, 3.05) is 5.32 Å². The summed E-state index contributed by atoms with van der Waals surface area (Å²) in [4.78, 5) is 22.8. The first-order chi connectivity index (χ1) is 9.97. The van der Waals surface area contributed by atoms with Crippen LogP contribution in [0.5, 0.6) is 0 Å². The van der Waals surface area contributed by atoms with Gasteiger partial charge in [0.1, 0.15) is 22.5 Å². The van der Waals surface area contributed by atoms with Crippen molar-refractivity contribution in [1.29, 1.82) is 0 Å². The van der Waals surface area contributed by atoms with Gasteiger partial charge in [0, 0.05) is 4.88 Å². The summed E-state index contributed by atoms with van der Waals surface area (Å²) in [7, 11) is 0. The molecule has 0 aromatic carbocycles. The highest BCUT2D eigenvalue weighted by molar-refractivity contribution is 7.19. The molecule has 2 heterocycles. The maximum absolute atomic E-state index is 11.4. The molecule has 5 nitrogen and oxygen atoms in total. The van der Waals surface area contributed by atoms with Crippen molar-refractivity contribution in [3.05, 3.63) is 16.3 Å². The van der Waals surface area contributed by atoms with Crippen molar-refractivity contribution < 1.29 is 9.90 Å². The number of carbonyl (C=O) groups is 1. The van der Waals surface area contributed by atoms with E-state index >= 15 is 0 Å². The van der Waals surface area contributed by atoms with Crippen LogP contribution in [0.3, 0.4) is 0 Å². The zero-order valence-electron chi connectivity index (χ0n) is 12.4. The molecule has 0 spiro atoms. The first-order valence-electron chi connectivity index (χ1n) is 7.25. The van der Waals surface area contributed by atoms with Crippen LogP contribution in [0.2, 0.25) is 0 Å². The molecule has 0 saturated carbocycles. The second-order valence-corrected chi connectivity index (χ2v) is 6.94. The van der Waals surface area contributed by atoms with Gasteiger partial charge in [0.05, 0.1) is 5.39 Å². The standard InChI is InChI=1S/C15H19N3O2S/c1-7(2)12(15(19)20)18-13-11-9-5-4-6-10(9)21-14(11)17-8(3)16-13/h7,12H,4-6H2,1-3H3,(H,19,20)(H,16,17,18). The number of hydrogen-bond acceptors (Lipinski definition) is 5. The summed E-state index contributed by atoms with van der Waals surface area (Å²) in [6, 6.07) is -0.639. The predicted molar refractivity (Wildman–Crippen MR) is 84.1 cm³/mol. The molecule has 0 radical (unpaired) electrons. The molecule has 0 bridgehead atoms. The molecule has 1 atom stereocenters. The van der Waals surface area contributed by atoms with Gasteiger partial charge in [-0.05, 0) is 37.7 Å². The number of aromatic nitrogens is 2. The first kappa shape index (κ1) is 14.3. The zero-order chi connectivity index (χ0) is 15.1. The van der Waals surface area contributed by atoms with E-state index in [1.165, 1.54) is 10.4 Å². The Labute approximate surface area is 127 Å². The molecule has 1 unspecified atom stereocenters. The summed E-state index contributed by atoms with van der Waals surface area (Å²) in [5, 5.41) is 13.6. The van der Waals surface area contributed by atoms with Gasteiger partial charge < -0.3 is 10.4 Å². The van der Waals surface area contributed by atoms with Gasteiger partial charge in [-0.25, -0.2) is 14.8 Å². The Morgan fingerprint density at radius 3 is 2.76 bits per heavy atom. The third-order valence-electron chi connectivity index (χ3n) is 3.90. The van der Waals surface area contributed by atoms with E-state index in [0.717, 1.165) is 29.5 Å². The smallest absolute Gasteiger partial charge is 0.326 e. The maximum Gasteiger partial charge on any atom is 0.326 e. The third kappa shape index (κ3) is 2.48. The molecule has 6 heteroatoms. The van der Waals surface area contributed by atoms with Crippen LogP contribution in [-0.2, 0) is 17.6 Å². The molecule has 21 heavy (non-hydrogen) atoms. The topological polar surface area (TPSA) is 75.1 Å². The Kier molecular flexibility index (Phi) is 3.57. The van der Waals surface area contributed by atoms with Gasteiger partial charge in [0.25, 0.3) is 0 Å². The molecular formula is C15H19N3O2S. The Balaban J connectivity index is 2.11. The lowest BCUT2D eigenvalue weighted by Gasteiger charge is -2.19. The molecule has 1 aliphatic carbocycles. The number of fused-ring (bicyclic) bond motifs is 3. The molecule has 0 aliphatic heterocycles. The Hall–Kier alpha value is -1.69. The maximum atomic E-state index is 11.4. The lowest BCUT2D eigenvalue weighted by atomic mass is 10.0. The normalized spacial score (nSPS) is 15.4. The van der Waals surface area contributed by atoms with Gasteiger partial charge in [0.2, 0.25) is 0 Å². The lowest BCUT2D eigenvalue weighted by molar-refractivity contribution is -0.138. The molecule has 112 valence electrons. The number of carboxylic acids is 1. The van der Waals surface area contributed by atoms with Crippen LogP contribution in [0.15, 0.2) is 0 Å². The van der Waals surface area contributed by atoms with Gasteiger partial charge in [-0.3, -0.25) is 0 Å². The fourth-order valence-electron chi connectivity index (χ4n) is 2.87. The highest BCUT2D eigenvalue weighted by atomic mass is 32.1. The Morgan fingerprint density at radius 2 is 2.10 bits per heavy atom. The van der Waals surface area contributed by atoms with E-state index in [4.69, 9.17) is 0 Å². The van der Waals surface area contributed by atoms with Crippen molar-refractivity contribution in [3.63, 3.8) is 0 Å². The predicted octanol–water partition coefficient (Wildman–Crippen LogP) is 3.01. The van der Waals surface area contributed by atoms with Crippen LogP contribution >= 0.6 is 11.3 Å². The van der Waals surface area contributed by atoms with E-state index in [-0.39, 0.29) is 5.92 Å². The number of carboxylic acid groups (broad SMARTS) is 1. The van der Waals surface area contributed by atoms with Gasteiger partial charge in [-0.2, -0.15) is 0 Å². The van der Waals surface area contributed by atoms with E-state index in [1.807, 2.05) is 20.8 Å². The largest absolute Gasteiger partial charge is 0.480 e. The molecule has 2 aromatic rings. The van der Waals surface area contributed by atoms with Crippen LogP contribution in [0, 0.1) is 12.8 Å². The molecule has 2 N–H and O–H groups in total. The van der Waals surface area contributed by atoms with Crippen LogP contribution in [0.1, 0.15) is 36.5 Å². The minimum Gasteiger partial charge on any atom is -0.480 e. The number of hydrogen-bond donors (Lipinski definition) is 2. The van der Waals surface area contributed by atoms with Gasteiger partial charge >= 0.3 is 5.97 Å². The SMILES string of the molecule is Cc1nc(NC(C(=O)O)C(C)C)c2c3c(sc2n1)CCC3. The molecule has 3 rings (SSSR count). The lowest BCUT2D eigenvalue weighted by Crippen LogP contribution is -2.34. The summed E-state index contributed by atoms with van der Waals surface area (Å²) >= 11 is 1.72. The molecule has 2 aromatic heterocycles. The highest BCUT2D eigenvalue weighted by Crippen LogP contribution is 2.39. The summed E-state index contributed by atoms with van der Waals surface area (Å²) in [6.07, 6.45) is 3.30. The van der Waals surface area contributed by atoms with E-state index in [0.29, 0.717) is 11.6 Å². The number of rotatable bonds is 4. The third-order valence-corrected chi connectivity index (χ3v) is 5.09. The molecule has 0 saturated heterocycles. The summed E-state index contributed by atoms with van der Waals surface area (Å²) in [5.74, 6) is 0.497. The summed E-state index contributed by atoms with van der Waals surface area (Å²) < 4.78 is 0. The van der Waals surface area contributed by atoms with Crippen LogP contribution < -0.4 is 5.32 Å². The fraction of sp³-hybridized carbons (Fsp3) is 0.533. The summed E-state index contributed by atoms with van der Waals surface area (Å²) in [6.45, 7) is 5.64. The fourth-order valence-corrected chi connectivity index (χ4v) is 4.17. The van der Waals surface area contributed by atoms with E-state index in [2.05, 4.69) is 15.3 Å². The van der Waals surface area contributed by atoms with Crippen LogP contribution in [0.4, 0.5) is 5.82 Å². The second kappa shape index (κ2) is 5.26. The number of anilines is 1. The van der Waals surface area contributed by atoms with Crippen LogP contribution in [0.25, 0.3) is 10.2 Å².